The second kappa shape index (κ2) is 4.07. The molecule has 0 aliphatic carbocycles. The maximum absolute atomic E-state index is 13.4. The smallest absolute Gasteiger partial charge is 0.200 e. The van der Waals surface area contributed by atoms with Crippen molar-refractivity contribution in [2.24, 2.45) is 0 Å². The molecular formula is C10H10BF5. The van der Waals surface area contributed by atoms with Crippen molar-refractivity contribution in [3.63, 3.8) is 0 Å². The van der Waals surface area contributed by atoms with Crippen LogP contribution in [0.2, 0.25) is 0 Å². The van der Waals surface area contributed by atoms with Crippen LogP contribution in [0.25, 0.3) is 0 Å². The molecule has 0 radical (unpaired) electrons. The van der Waals surface area contributed by atoms with Crippen LogP contribution < -0.4 is 0 Å². The van der Waals surface area contributed by atoms with Gasteiger partial charge in [-0.15, -0.1) is 0 Å². The molecule has 1 rings (SSSR count). The molecule has 0 saturated carbocycles. The molecular weight excluding hydrogens is 226 g/mol. The first-order valence-electron chi connectivity index (χ1n) is 4.76. The van der Waals surface area contributed by atoms with Crippen LogP contribution in [0.4, 0.5) is 22.0 Å². The summed E-state index contributed by atoms with van der Waals surface area (Å²) in [4.78, 5) is 0. The molecule has 0 saturated heterocycles. The van der Waals surface area contributed by atoms with Gasteiger partial charge in [0, 0.05) is 5.56 Å². The first-order chi connectivity index (χ1) is 7.24. The Morgan fingerprint density at radius 1 is 0.875 bits per heavy atom. The highest BCUT2D eigenvalue weighted by atomic mass is 19.2. The van der Waals surface area contributed by atoms with Gasteiger partial charge in [0.25, 0.3) is 0 Å². The van der Waals surface area contributed by atoms with Crippen LogP contribution >= 0.6 is 0 Å². The highest BCUT2D eigenvalue weighted by Crippen LogP contribution is 2.32. The van der Waals surface area contributed by atoms with Gasteiger partial charge in [-0.1, -0.05) is 20.3 Å². The van der Waals surface area contributed by atoms with E-state index in [1.54, 1.807) is 6.92 Å². The van der Waals surface area contributed by atoms with Crippen molar-refractivity contribution in [3.8, 4) is 0 Å². The summed E-state index contributed by atoms with van der Waals surface area (Å²) in [6.45, 7) is 3.03. The molecule has 1 aromatic rings. The molecule has 16 heavy (non-hydrogen) atoms. The molecule has 0 bridgehead atoms. The van der Waals surface area contributed by atoms with Crippen molar-refractivity contribution < 1.29 is 22.0 Å². The van der Waals surface area contributed by atoms with Crippen LogP contribution in [0.1, 0.15) is 25.8 Å². The van der Waals surface area contributed by atoms with Gasteiger partial charge in [-0.2, -0.15) is 0 Å². The van der Waals surface area contributed by atoms with E-state index >= 15 is 0 Å². The van der Waals surface area contributed by atoms with Crippen molar-refractivity contribution >= 4 is 7.85 Å². The monoisotopic (exact) mass is 236 g/mol. The van der Waals surface area contributed by atoms with E-state index in [9.17, 15) is 22.0 Å². The lowest BCUT2D eigenvalue weighted by Crippen LogP contribution is -2.26. The number of hydrogen-bond acceptors (Lipinski definition) is 0. The van der Waals surface area contributed by atoms with E-state index < -0.39 is 40.0 Å². The molecule has 1 aromatic carbocycles. The molecule has 0 amide bonds. The Hall–Kier alpha value is -1.07. The largest absolute Gasteiger partial charge is 0.203 e. The summed E-state index contributed by atoms with van der Waals surface area (Å²) in [5.74, 6) is -9.40. The van der Waals surface area contributed by atoms with Crippen LogP contribution in [0, 0.1) is 29.1 Å². The molecule has 0 N–H and O–H groups in total. The predicted molar refractivity (Wildman–Crippen MR) is 52.4 cm³/mol. The van der Waals surface area contributed by atoms with Crippen LogP contribution in [0.3, 0.4) is 0 Å². The lowest BCUT2D eigenvalue weighted by atomic mass is 9.63. The summed E-state index contributed by atoms with van der Waals surface area (Å²) in [6.07, 6.45) is 0.255. The lowest BCUT2D eigenvalue weighted by molar-refractivity contribution is 0.359. The van der Waals surface area contributed by atoms with Crippen molar-refractivity contribution in [3.05, 3.63) is 34.6 Å². The molecule has 0 aliphatic rings. The van der Waals surface area contributed by atoms with Gasteiger partial charge in [0.1, 0.15) is 7.85 Å². The zero-order valence-corrected chi connectivity index (χ0v) is 9.10. The Bertz CT molecular complexity index is 399. The SMILES string of the molecule is B[C@@](C)(CC)c1c(F)c(F)c(F)c(F)c1F. The van der Waals surface area contributed by atoms with Crippen LogP contribution in [-0.4, -0.2) is 7.85 Å². The van der Waals surface area contributed by atoms with E-state index in [2.05, 4.69) is 0 Å². The number of benzene rings is 1. The summed E-state index contributed by atoms with van der Waals surface area (Å²) in [5, 5.41) is -1.11. The van der Waals surface area contributed by atoms with Crippen molar-refractivity contribution in [2.45, 2.75) is 25.6 Å². The summed E-state index contributed by atoms with van der Waals surface area (Å²) in [7, 11) is 1.42. The molecule has 0 spiro atoms. The summed E-state index contributed by atoms with van der Waals surface area (Å²) in [6, 6.07) is 0. The van der Waals surface area contributed by atoms with Gasteiger partial charge < -0.3 is 0 Å². The van der Waals surface area contributed by atoms with E-state index in [0.717, 1.165) is 0 Å². The summed E-state index contributed by atoms with van der Waals surface area (Å²) in [5.41, 5.74) is -0.758. The van der Waals surface area contributed by atoms with Gasteiger partial charge in [0.15, 0.2) is 23.3 Å². The van der Waals surface area contributed by atoms with Crippen LogP contribution in [0.15, 0.2) is 0 Å². The Labute approximate surface area is 90.9 Å². The minimum atomic E-state index is -2.12. The third-order valence-corrected chi connectivity index (χ3v) is 2.77. The molecule has 6 heteroatoms. The third kappa shape index (κ3) is 1.81. The average Bonchev–Trinajstić information content (AvgIpc) is 2.23. The normalized spacial score (nSPS) is 14.9. The predicted octanol–water partition coefficient (Wildman–Crippen LogP) is 2.64. The standard InChI is InChI=1S/C10H10BF5/c1-3-10(2,11)4-5(12)7(14)9(16)8(15)6(4)13/h3,11H2,1-2H3/t10-/m0/s1. The third-order valence-electron chi connectivity index (χ3n) is 2.77. The van der Waals surface area contributed by atoms with Gasteiger partial charge in [0.2, 0.25) is 5.82 Å². The topological polar surface area (TPSA) is 0 Å². The highest BCUT2D eigenvalue weighted by molar-refractivity contribution is 6.15. The van der Waals surface area contributed by atoms with E-state index in [4.69, 9.17) is 0 Å². The molecule has 0 aromatic heterocycles. The second-order valence-corrected chi connectivity index (χ2v) is 4.18. The molecule has 88 valence electrons. The van der Waals surface area contributed by atoms with Gasteiger partial charge in [-0.3, -0.25) is 0 Å². The quantitative estimate of drug-likeness (QED) is 0.320. The molecule has 0 heterocycles. The summed E-state index contributed by atoms with van der Waals surface area (Å²) < 4.78 is 65.3. The molecule has 0 aliphatic heterocycles. The zero-order chi connectivity index (χ0) is 12.7. The Morgan fingerprint density at radius 3 is 1.50 bits per heavy atom. The van der Waals surface area contributed by atoms with Crippen molar-refractivity contribution in [1.29, 1.82) is 0 Å². The van der Waals surface area contributed by atoms with Crippen molar-refractivity contribution in [1.82, 2.24) is 0 Å². The Balaban J connectivity index is 3.65. The number of hydrogen-bond donors (Lipinski definition) is 0. The van der Waals surface area contributed by atoms with Crippen LogP contribution in [0.5, 0.6) is 0 Å². The minimum Gasteiger partial charge on any atom is -0.203 e. The number of rotatable bonds is 2. The zero-order valence-electron chi connectivity index (χ0n) is 9.10. The van der Waals surface area contributed by atoms with Gasteiger partial charge in [-0.05, 0) is 5.31 Å². The fourth-order valence-electron chi connectivity index (χ4n) is 1.38. The van der Waals surface area contributed by atoms with E-state index in [0.29, 0.717) is 0 Å². The van der Waals surface area contributed by atoms with Gasteiger partial charge in [-0.25, -0.2) is 22.0 Å². The molecule has 0 nitrogen and oxygen atoms in total. The molecule has 1 atom stereocenters. The van der Waals surface area contributed by atoms with Crippen LogP contribution in [-0.2, 0) is 5.31 Å². The van der Waals surface area contributed by atoms with Crippen molar-refractivity contribution in [2.75, 3.05) is 0 Å². The molecule has 0 fully saturated rings. The fraction of sp³-hybridized carbons (Fsp3) is 0.400. The average molecular weight is 236 g/mol. The van der Waals surface area contributed by atoms with Gasteiger partial charge in [0.05, 0.1) is 0 Å². The van der Waals surface area contributed by atoms with Gasteiger partial charge >= 0.3 is 0 Å². The summed E-state index contributed by atoms with van der Waals surface area (Å²) >= 11 is 0. The van der Waals surface area contributed by atoms with E-state index in [-0.39, 0.29) is 6.42 Å². The Kier molecular flexibility index (Phi) is 3.31. The number of halogens is 5. The van der Waals surface area contributed by atoms with E-state index in [1.165, 1.54) is 14.8 Å². The Morgan fingerprint density at radius 2 is 1.19 bits per heavy atom. The molecule has 0 unspecified atom stereocenters. The highest BCUT2D eigenvalue weighted by Gasteiger charge is 2.33. The fourth-order valence-corrected chi connectivity index (χ4v) is 1.38. The second-order valence-electron chi connectivity index (χ2n) is 4.18. The first kappa shape index (κ1) is 13.0. The maximum atomic E-state index is 13.4. The minimum absolute atomic E-state index is 0.255. The maximum Gasteiger partial charge on any atom is 0.200 e. The van der Waals surface area contributed by atoms with E-state index in [1.807, 2.05) is 0 Å². The first-order valence-corrected chi connectivity index (χ1v) is 4.76. The lowest BCUT2D eigenvalue weighted by Gasteiger charge is -2.24.